The zero-order valence-corrected chi connectivity index (χ0v) is 14.8. The van der Waals surface area contributed by atoms with Gasteiger partial charge in [0.15, 0.2) is 0 Å². The van der Waals surface area contributed by atoms with Gasteiger partial charge in [0.2, 0.25) is 5.91 Å². The molecule has 0 radical (unpaired) electrons. The van der Waals surface area contributed by atoms with Crippen molar-refractivity contribution in [3.63, 3.8) is 0 Å². The first-order valence-corrected chi connectivity index (χ1v) is 9.24. The van der Waals surface area contributed by atoms with Crippen molar-refractivity contribution in [2.75, 3.05) is 11.6 Å². The molecule has 1 aromatic rings. The van der Waals surface area contributed by atoms with Crippen molar-refractivity contribution in [3.8, 4) is 0 Å². The summed E-state index contributed by atoms with van der Waals surface area (Å²) < 4.78 is 0. The molecule has 1 saturated heterocycles. The Kier molecular flexibility index (Phi) is 6.45. The first-order chi connectivity index (χ1) is 11.0. The van der Waals surface area contributed by atoms with Crippen molar-refractivity contribution in [2.24, 2.45) is 5.92 Å². The highest BCUT2D eigenvalue weighted by Gasteiger charge is 2.35. The lowest BCUT2D eigenvalue weighted by Gasteiger charge is -2.24. The third kappa shape index (κ3) is 4.96. The predicted octanol–water partition coefficient (Wildman–Crippen LogP) is 2.54. The molecule has 0 aliphatic carbocycles. The summed E-state index contributed by atoms with van der Waals surface area (Å²) in [6.45, 7) is 6.37. The van der Waals surface area contributed by atoms with E-state index in [0.29, 0.717) is 23.2 Å². The fourth-order valence-corrected chi connectivity index (χ4v) is 3.64. The van der Waals surface area contributed by atoms with Gasteiger partial charge in [-0.15, -0.1) is 11.8 Å². The lowest BCUT2D eigenvalue weighted by Crippen LogP contribution is -2.49. The van der Waals surface area contributed by atoms with E-state index >= 15 is 0 Å². The van der Waals surface area contributed by atoms with Crippen LogP contribution in [0.5, 0.6) is 0 Å². The van der Waals surface area contributed by atoms with Gasteiger partial charge in [0.05, 0.1) is 5.88 Å². The molecular formula is C17H25N3O2S. The monoisotopic (exact) mass is 335 g/mol. The van der Waals surface area contributed by atoms with Crippen molar-refractivity contribution < 1.29 is 9.59 Å². The quantitative estimate of drug-likeness (QED) is 0.868. The molecule has 0 spiro atoms. The van der Waals surface area contributed by atoms with Crippen LogP contribution in [0, 0.1) is 5.92 Å². The number of carbonyl (C=O) groups excluding carboxylic acids is 2. The number of thioether (sulfide) groups is 1. The van der Waals surface area contributed by atoms with Gasteiger partial charge in [0, 0.05) is 18.0 Å². The molecular weight excluding hydrogens is 310 g/mol. The molecule has 2 atom stereocenters. The lowest BCUT2D eigenvalue weighted by molar-refractivity contribution is -0.125. The Hall–Kier alpha value is -1.56. The molecule has 1 aliphatic heterocycles. The Morgan fingerprint density at radius 1 is 1.35 bits per heavy atom. The molecule has 1 N–H and O–H groups in total. The van der Waals surface area contributed by atoms with Gasteiger partial charge in [-0.3, -0.25) is 14.6 Å². The van der Waals surface area contributed by atoms with Crippen LogP contribution >= 0.6 is 11.8 Å². The first-order valence-electron chi connectivity index (χ1n) is 8.09. The Bertz CT molecular complexity index is 536. The fraction of sp³-hybridized carbons (Fsp3) is 0.588. The highest BCUT2D eigenvalue weighted by Crippen LogP contribution is 2.23. The molecule has 2 heterocycles. The third-order valence-corrected chi connectivity index (χ3v) is 4.91. The second kappa shape index (κ2) is 8.34. The SMILES string of the molecule is CC(C)CC[C@@H](C)NC(=O)[C@H]1CSCN1C(=O)c1ccccn1. The van der Waals surface area contributed by atoms with Gasteiger partial charge in [-0.25, -0.2) is 0 Å². The average molecular weight is 335 g/mol. The molecule has 1 aliphatic rings. The molecule has 1 fully saturated rings. The molecule has 0 aromatic carbocycles. The standard InChI is InChI=1S/C17H25N3O2S/c1-12(2)7-8-13(3)19-16(21)15-10-23-11-20(15)17(22)14-6-4-5-9-18-14/h4-6,9,12-13,15H,7-8,10-11H2,1-3H3,(H,19,21)/t13-,15-/m1/s1. The first kappa shape index (κ1) is 17.8. The summed E-state index contributed by atoms with van der Waals surface area (Å²) in [4.78, 5) is 30.8. The maximum Gasteiger partial charge on any atom is 0.273 e. The number of hydrogen-bond donors (Lipinski definition) is 1. The number of rotatable bonds is 6. The van der Waals surface area contributed by atoms with Crippen molar-refractivity contribution in [3.05, 3.63) is 30.1 Å². The minimum absolute atomic E-state index is 0.0597. The van der Waals surface area contributed by atoms with Crippen LogP contribution in [0.15, 0.2) is 24.4 Å². The van der Waals surface area contributed by atoms with Crippen LogP contribution in [0.2, 0.25) is 0 Å². The number of hydrogen-bond acceptors (Lipinski definition) is 4. The van der Waals surface area contributed by atoms with E-state index < -0.39 is 6.04 Å². The summed E-state index contributed by atoms with van der Waals surface area (Å²) in [5.41, 5.74) is 0.389. The van der Waals surface area contributed by atoms with Gasteiger partial charge in [-0.05, 0) is 37.8 Å². The van der Waals surface area contributed by atoms with Crippen LogP contribution in [0.25, 0.3) is 0 Å². The normalized spacial score (nSPS) is 19.0. The maximum atomic E-state index is 12.5. The second-order valence-corrected chi connectivity index (χ2v) is 7.39. The van der Waals surface area contributed by atoms with E-state index in [4.69, 9.17) is 0 Å². The van der Waals surface area contributed by atoms with Crippen LogP contribution in [0.4, 0.5) is 0 Å². The van der Waals surface area contributed by atoms with Crippen LogP contribution < -0.4 is 5.32 Å². The molecule has 23 heavy (non-hydrogen) atoms. The third-order valence-electron chi connectivity index (χ3n) is 3.90. The number of nitrogens with one attached hydrogen (secondary N) is 1. The predicted molar refractivity (Wildman–Crippen MR) is 93.2 cm³/mol. The van der Waals surface area contributed by atoms with Crippen LogP contribution in [0.3, 0.4) is 0 Å². The Morgan fingerprint density at radius 2 is 2.13 bits per heavy atom. The molecule has 0 saturated carbocycles. The average Bonchev–Trinajstić information content (AvgIpc) is 3.02. The maximum absolute atomic E-state index is 12.5. The van der Waals surface area contributed by atoms with E-state index in [9.17, 15) is 9.59 Å². The van der Waals surface area contributed by atoms with Crippen LogP contribution in [-0.4, -0.2) is 45.4 Å². The van der Waals surface area contributed by atoms with Crippen molar-refractivity contribution in [1.82, 2.24) is 15.2 Å². The van der Waals surface area contributed by atoms with Gasteiger partial charge in [0.1, 0.15) is 11.7 Å². The zero-order chi connectivity index (χ0) is 16.8. The smallest absolute Gasteiger partial charge is 0.273 e. The summed E-state index contributed by atoms with van der Waals surface area (Å²) in [5, 5.41) is 3.05. The summed E-state index contributed by atoms with van der Waals surface area (Å²) in [7, 11) is 0. The van der Waals surface area contributed by atoms with Crippen molar-refractivity contribution in [2.45, 2.75) is 45.7 Å². The molecule has 2 amide bonds. The lowest BCUT2D eigenvalue weighted by atomic mass is 10.0. The van der Waals surface area contributed by atoms with E-state index in [0.717, 1.165) is 12.8 Å². The highest BCUT2D eigenvalue weighted by atomic mass is 32.2. The van der Waals surface area contributed by atoms with Gasteiger partial charge < -0.3 is 10.2 Å². The molecule has 0 bridgehead atoms. The largest absolute Gasteiger partial charge is 0.352 e. The zero-order valence-electron chi connectivity index (χ0n) is 14.0. The number of pyridine rings is 1. The molecule has 5 nitrogen and oxygen atoms in total. The number of amides is 2. The summed E-state index contributed by atoms with van der Waals surface area (Å²) in [6.07, 6.45) is 3.63. The van der Waals surface area contributed by atoms with Crippen molar-refractivity contribution >= 4 is 23.6 Å². The molecule has 0 unspecified atom stereocenters. The van der Waals surface area contributed by atoms with E-state index in [-0.39, 0.29) is 17.9 Å². The summed E-state index contributed by atoms with van der Waals surface area (Å²) in [5.74, 6) is 1.56. The molecule has 1 aromatic heterocycles. The molecule has 126 valence electrons. The van der Waals surface area contributed by atoms with Gasteiger partial charge >= 0.3 is 0 Å². The molecule has 2 rings (SSSR count). The second-order valence-electron chi connectivity index (χ2n) is 6.39. The number of nitrogens with zero attached hydrogens (tertiary/aromatic N) is 2. The van der Waals surface area contributed by atoms with Gasteiger partial charge in [0.25, 0.3) is 5.91 Å². The fourth-order valence-electron chi connectivity index (χ4n) is 2.49. The Morgan fingerprint density at radius 3 is 2.78 bits per heavy atom. The van der Waals surface area contributed by atoms with Gasteiger partial charge in [-0.1, -0.05) is 19.9 Å². The highest BCUT2D eigenvalue weighted by molar-refractivity contribution is 7.99. The van der Waals surface area contributed by atoms with E-state index in [2.05, 4.69) is 24.1 Å². The van der Waals surface area contributed by atoms with E-state index in [1.807, 2.05) is 6.92 Å². The van der Waals surface area contributed by atoms with Crippen molar-refractivity contribution in [1.29, 1.82) is 0 Å². The minimum atomic E-state index is -0.406. The van der Waals surface area contributed by atoms with E-state index in [1.165, 1.54) is 0 Å². The summed E-state index contributed by atoms with van der Waals surface area (Å²) in [6, 6.07) is 4.96. The Balaban J connectivity index is 1.95. The number of aromatic nitrogens is 1. The molecule has 6 heteroatoms. The number of carbonyl (C=O) groups is 2. The van der Waals surface area contributed by atoms with Crippen LogP contribution in [-0.2, 0) is 4.79 Å². The topological polar surface area (TPSA) is 62.3 Å². The minimum Gasteiger partial charge on any atom is -0.352 e. The van der Waals surface area contributed by atoms with Crippen LogP contribution in [0.1, 0.15) is 44.1 Å². The summed E-state index contributed by atoms with van der Waals surface area (Å²) >= 11 is 1.60. The van der Waals surface area contributed by atoms with E-state index in [1.54, 1.807) is 41.1 Å². The Labute approximate surface area is 142 Å². The van der Waals surface area contributed by atoms with Gasteiger partial charge in [-0.2, -0.15) is 0 Å².